The van der Waals surface area contributed by atoms with Crippen molar-refractivity contribution in [3.63, 3.8) is 0 Å². The van der Waals surface area contributed by atoms with E-state index < -0.39 is 6.04 Å². The van der Waals surface area contributed by atoms with Crippen LogP contribution in [-0.4, -0.2) is 43.9 Å². The third-order valence-electron chi connectivity index (χ3n) is 6.23. The van der Waals surface area contributed by atoms with Crippen LogP contribution in [0.25, 0.3) is 0 Å². The SMILES string of the molecule is NC(Cc1ccc(N2CC3(CCOCC3)CC2=O)cc1)C(=O)Nc1ccc(C=O)cc1. The molecule has 2 aliphatic heterocycles. The summed E-state index contributed by atoms with van der Waals surface area (Å²) in [4.78, 5) is 37.6. The highest BCUT2D eigenvalue weighted by molar-refractivity contribution is 5.96. The highest BCUT2D eigenvalue weighted by atomic mass is 16.5. The summed E-state index contributed by atoms with van der Waals surface area (Å²) in [6.07, 6.45) is 3.56. The van der Waals surface area contributed by atoms with Crippen LogP contribution in [0.2, 0.25) is 0 Å². The number of rotatable bonds is 6. The first-order valence-electron chi connectivity index (χ1n) is 10.6. The molecule has 31 heavy (non-hydrogen) atoms. The molecule has 0 saturated carbocycles. The number of carbonyl (C=O) groups excluding carboxylic acids is 3. The molecule has 0 aliphatic carbocycles. The molecule has 7 heteroatoms. The third-order valence-corrected chi connectivity index (χ3v) is 6.23. The van der Waals surface area contributed by atoms with Crippen molar-refractivity contribution in [3.8, 4) is 0 Å². The zero-order valence-electron chi connectivity index (χ0n) is 17.4. The fourth-order valence-corrected chi connectivity index (χ4v) is 4.31. The van der Waals surface area contributed by atoms with E-state index in [1.54, 1.807) is 24.3 Å². The summed E-state index contributed by atoms with van der Waals surface area (Å²) in [6.45, 7) is 2.18. The Morgan fingerprint density at radius 2 is 1.81 bits per heavy atom. The largest absolute Gasteiger partial charge is 0.381 e. The average Bonchev–Trinajstić information content (AvgIpc) is 3.10. The van der Waals surface area contributed by atoms with Gasteiger partial charge < -0.3 is 20.7 Å². The highest BCUT2D eigenvalue weighted by Gasteiger charge is 2.44. The Morgan fingerprint density at radius 1 is 1.13 bits per heavy atom. The monoisotopic (exact) mass is 421 g/mol. The molecule has 162 valence electrons. The van der Waals surface area contributed by atoms with E-state index in [0.29, 0.717) is 24.1 Å². The van der Waals surface area contributed by atoms with Gasteiger partial charge in [-0.15, -0.1) is 0 Å². The molecule has 0 aromatic heterocycles. The van der Waals surface area contributed by atoms with E-state index in [4.69, 9.17) is 10.5 Å². The molecule has 1 atom stereocenters. The number of nitrogens with zero attached hydrogens (tertiary/aromatic N) is 1. The maximum Gasteiger partial charge on any atom is 0.241 e. The van der Waals surface area contributed by atoms with Gasteiger partial charge in [-0.05, 0) is 61.2 Å². The number of nitrogens with two attached hydrogens (primary N) is 1. The molecule has 2 aromatic carbocycles. The van der Waals surface area contributed by atoms with E-state index in [2.05, 4.69) is 5.32 Å². The molecule has 0 radical (unpaired) electrons. The van der Waals surface area contributed by atoms with E-state index >= 15 is 0 Å². The van der Waals surface area contributed by atoms with Crippen LogP contribution in [0.4, 0.5) is 11.4 Å². The number of nitrogens with one attached hydrogen (secondary N) is 1. The summed E-state index contributed by atoms with van der Waals surface area (Å²) in [6, 6.07) is 13.6. The summed E-state index contributed by atoms with van der Waals surface area (Å²) in [7, 11) is 0. The van der Waals surface area contributed by atoms with Crippen LogP contribution in [-0.2, 0) is 20.7 Å². The number of anilines is 2. The summed E-state index contributed by atoms with van der Waals surface area (Å²) < 4.78 is 5.46. The Kier molecular flexibility index (Phi) is 6.15. The minimum absolute atomic E-state index is 0.0401. The Labute approximate surface area is 181 Å². The van der Waals surface area contributed by atoms with E-state index in [-0.39, 0.29) is 17.2 Å². The van der Waals surface area contributed by atoms with Crippen molar-refractivity contribution in [2.75, 3.05) is 30.0 Å². The van der Waals surface area contributed by atoms with Crippen LogP contribution in [0, 0.1) is 5.41 Å². The lowest BCUT2D eigenvalue weighted by Crippen LogP contribution is -2.37. The molecule has 1 spiro atoms. The van der Waals surface area contributed by atoms with Gasteiger partial charge in [-0.3, -0.25) is 14.4 Å². The van der Waals surface area contributed by atoms with Crippen molar-refractivity contribution in [1.82, 2.24) is 0 Å². The molecular weight excluding hydrogens is 394 g/mol. The quantitative estimate of drug-likeness (QED) is 0.698. The van der Waals surface area contributed by atoms with Crippen LogP contribution in [0.5, 0.6) is 0 Å². The van der Waals surface area contributed by atoms with E-state index in [9.17, 15) is 14.4 Å². The number of carbonyl (C=O) groups is 3. The number of amides is 2. The van der Waals surface area contributed by atoms with Crippen LogP contribution in [0.15, 0.2) is 48.5 Å². The van der Waals surface area contributed by atoms with Crippen molar-refractivity contribution < 1.29 is 19.1 Å². The average molecular weight is 421 g/mol. The van der Waals surface area contributed by atoms with Gasteiger partial charge in [0, 0.05) is 48.5 Å². The second-order valence-electron chi connectivity index (χ2n) is 8.48. The maximum atomic E-state index is 12.6. The lowest BCUT2D eigenvalue weighted by molar-refractivity contribution is -0.118. The Balaban J connectivity index is 1.35. The van der Waals surface area contributed by atoms with Crippen molar-refractivity contribution >= 4 is 29.5 Å². The third kappa shape index (κ3) is 4.84. The van der Waals surface area contributed by atoms with Gasteiger partial charge in [0.15, 0.2) is 0 Å². The van der Waals surface area contributed by atoms with Gasteiger partial charge in [-0.25, -0.2) is 0 Å². The summed E-state index contributed by atoms with van der Waals surface area (Å²) in [5, 5.41) is 2.77. The topological polar surface area (TPSA) is 102 Å². The molecule has 4 rings (SSSR count). The number of hydrogen-bond acceptors (Lipinski definition) is 5. The molecule has 2 saturated heterocycles. The van der Waals surface area contributed by atoms with Gasteiger partial charge in [0.2, 0.25) is 11.8 Å². The lowest BCUT2D eigenvalue weighted by Gasteiger charge is -2.32. The number of ether oxygens (including phenoxy) is 1. The molecule has 1 unspecified atom stereocenters. The zero-order valence-corrected chi connectivity index (χ0v) is 17.4. The smallest absolute Gasteiger partial charge is 0.241 e. The predicted molar refractivity (Wildman–Crippen MR) is 118 cm³/mol. The van der Waals surface area contributed by atoms with Gasteiger partial charge in [-0.1, -0.05) is 12.1 Å². The molecular formula is C24H27N3O4. The Bertz CT molecular complexity index is 950. The van der Waals surface area contributed by atoms with Crippen molar-refractivity contribution in [2.24, 2.45) is 11.1 Å². The second-order valence-corrected chi connectivity index (χ2v) is 8.48. The van der Waals surface area contributed by atoms with Crippen LogP contribution in [0.1, 0.15) is 35.2 Å². The molecule has 2 heterocycles. The molecule has 7 nitrogen and oxygen atoms in total. The Hall–Kier alpha value is -3.03. The standard InChI is InChI=1S/C24H27N3O4/c25-21(23(30)26-19-5-1-18(15-28)2-6-19)13-17-3-7-20(8-4-17)27-16-24(14-22(27)29)9-11-31-12-10-24/h1-8,15,21H,9-14,16,25H2,(H,26,30). The lowest BCUT2D eigenvalue weighted by atomic mass is 9.79. The van der Waals surface area contributed by atoms with Crippen molar-refractivity contribution in [3.05, 3.63) is 59.7 Å². The number of hydrogen-bond donors (Lipinski definition) is 2. The van der Waals surface area contributed by atoms with E-state index in [1.807, 2.05) is 29.2 Å². The minimum Gasteiger partial charge on any atom is -0.381 e. The first kappa shape index (κ1) is 21.2. The highest BCUT2D eigenvalue weighted by Crippen LogP contribution is 2.42. The fourth-order valence-electron chi connectivity index (χ4n) is 4.31. The normalized spacial score (nSPS) is 18.7. The molecule has 2 fully saturated rings. The van der Waals surface area contributed by atoms with Gasteiger partial charge >= 0.3 is 0 Å². The summed E-state index contributed by atoms with van der Waals surface area (Å²) >= 11 is 0. The molecule has 0 bridgehead atoms. The zero-order chi connectivity index (χ0) is 21.8. The Morgan fingerprint density at radius 3 is 2.45 bits per heavy atom. The first-order chi connectivity index (χ1) is 15.0. The second kappa shape index (κ2) is 8.99. The van der Waals surface area contributed by atoms with Crippen molar-refractivity contribution in [2.45, 2.75) is 31.7 Å². The maximum absolute atomic E-state index is 12.6. The van der Waals surface area contributed by atoms with Gasteiger partial charge in [-0.2, -0.15) is 0 Å². The van der Waals surface area contributed by atoms with Gasteiger partial charge in [0.05, 0.1) is 6.04 Å². The molecule has 2 aliphatic rings. The number of aldehydes is 1. The van der Waals surface area contributed by atoms with E-state index in [1.165, 1.54) is 0 Å². The van der Waals surface area contributed by atoms with Crippen molar-refractivity contribution in [1.29, 1.82) is 0 Å². The van der Waals surface area contributed by atoms with E-state index in [0.717, 1.165) is 50.1 Å². The molecule has 3 N–H and O–H groups in total. The summed E-state index contributed by atoms with van der Waals surface area (Å²) in [5.41, 5.74) is 9.07. The minimum atomic E-state index is -0.712. The van der Waals surface area contributed by atoms with Gasteiger partial charge in [0.25, 0.3) is 0 Å². The van der Waals surface area contributed by atoms with Crippen LogP contribution >= 0.6 is 0 Å². The summed E-state index contributed by atoms with van der Waals surface area (Å²) in [5.74, 6) is -0.134. The molecule has 2 amide bonds. The molecule has 2 aromatic rings. The number of benzene rings is 2. The van der Waals surface area contributed by atoms with Crippen LogP contribution < -0.4 is 16.0 Å². The van der Waals surface area contributed by atoms with Gasteiger partial charge in [0.1, 0.15) is 6.29 Å². The first-order valence-corrected chi connectivity index (χ1v) is 10.6. The predicted octanol–water partition coefficient (Wildman–Crippen LogP) is 2.54. The fraction of sp³-hybridized carbons (Fsp3) is 0.375. The van der Waals surface area contributed by atoms with Crippen LogP contribution in [0.3, 0.4) is 0 Å².